The summed E-state index contributed by atoms with van der Waals surface area (Å²) in [5.74, 6) is 0.946. The molecule has 0 fully saturated rings. The van der Waals surface area contributed by atoms with Crippen molar-refractivity contribution in [1.82, 2.24) is 0 Å². The van der Waals surface area contributed by atoms with Crippen LogP contribution in [0.4, 0.5) is 4.39 Å². The van der Waals surface area contributed by atoms with Gasteiger partial charge in [0.05, 0.1) is 13.2 Å². The number of methoxy groups -OCH3 is 1. The normalized spacial score (nSPS) is 12.2. The fraction of sp³-hybridized carbons (Fsp3) is 0.294. The minimum Gasteiger partial charge on any atom is -0.496 e. The van der Waals surface area contributed by atoms with E-state index in [2.05, 4.69) is 0 Å². The molecule has 0 amide bonds. The van der Waals surface area contributed by atoms with Crippen molar-refractivity contribution in [3.63, 3.8) is 0 Å². The quantitative estimate of drug-likeness (QED) is 0.836. The minimum absolute atomic E-state index is 0.254. The van der Waals surface area contributed by atoms with Crippen LogP contribution in [-0.2, 0) is 0 Å². The van der Waals surface area contributed by atoms with Crippen molar-refractivity contribution < 1.29 is 14.2 Å². The Hall–Kier alpha value is -1.52. The van der Waals surface area contributed by atoms with E-state index in [0.29, 0.717) is 11.5 Å². The average Bonchev–Trinajstić information content (AvgIpc) is 2.45. The molecular weight excluding hydrogens is 287 g/mol. The van der Waals surface area contributed by atoms with Crippen LogP contribution >= 0.6 is 11.8 Å². The zero-order valence-corrected chi connectivity index (χ0v) is 13.2. The van der Waals surface area contributed by atoms with Gasteiger partial charge < -0.3 is 9.84 Å². The number of rotatable bonds is 5. The Bertz CT molecular complexity index is 611. The summed E-state index contributed by atoms with van der Waals surface area (Å²) in [5, 5.41) is 10.4. The van der Waals surface area contributed by atoms with Crippen molar-refractivity contribution in [2.24, 2.45) is 0 Å². The van der Waals surface area contributed by atoms with E-state index in [1.54, 1.807) is 19.2 Å². The van der Waals surface area contributed by atoms with Crippen LogP contribution in [0.15, 0.2) is 41.3 Å². The molecule has 1 unspecified atom stereocenters. The summed E-state index contributed by atoms with van der Waals surface area (Å²) >= 11 is 1.49. The van der Waals surface area contributed by atoms with Crippen molar-refractivity contribution in [2.45, 2.75) is 24.8 Å². The second-order valence-electron chi connectivity index (χ2n) is 4.98. The molecule has 0 aliphatic heterocycles. The predicted octanol–water partition coefficient (Wildman–Crippen LogP) is 4.28. The maximum absolute atomic E-state index is 12.9. The Morgan fingerprint density at radius 1 is 1.19 bits per heavy atom. The number of hydrogen-bond donors (Lipinski definition) is 1. The first kappa shape index (κ1) is 15.9. The molecule has 0 spiro atoms. The highest BCUT2D eigenvalue weighted by Gasteiger charge is 2.17. The highest BCUT2D eigenvalue weighted by molar-refractivity contribution is 7.99. The summed E-state index contributed by atoms with van der Waals surface area (Å²) in [6.07, 6.45) is -0.629. The Morgan fingerprint density at radius 2 is 1.86 bits per heavy atom. The summed E-state index contributed by atoms with van der Waals surface area (Å²) in [6, 6.07) is 10.2. The molecule has 2 nitrogen and oxygen atoms in total. The van der Waals surface area contributed by atoms with Crippen LogP contribution < -0.4 is 4.74 Å². The second-order valence-corrected chi connectivity index (χ2v) is 6.07. The molecule has 2 aromatic rings. The van der Waals surface area contributed by atoms with Gasteiger partial charge >= 0.3 is 0 Å². The Kier molecular flexibility index (Phi) is 5.26. The van der Waals surface area contributed by atoms with Gasteiger partial charge in [-0.2, -0.15) is 0 Å². The van der Waals surface area contributed by atoms with Crippen molar-refractivity contribution in [2.75, 3.05) is 12.9 Å². The number of aryl methyl sites for hydroxylation is 2. The number of thioether (sulfide) groups is 1. The lowest BCUT2D eigenvalue weighted by molar-refractivity contribution is 0.198. The van der Waals surface area contributed by atoms with Crippen molar-refractivity contribution >= 4 is 11.8 Å². The average molecular weight is 306 g/mol. The van der Waals surface area contributed by atoms with Gasteiger partial charge in [-0.15, -0.1) is 11.8 Å². The maximum Gasteiger partial charge on any atom is 0.125 e. The zero-order valence-electron chi connectivity index (χ0n) is 12.4. The van der Waals surface area contributed by atoms with E-state index in [1.165, 1.54) is 23.9 Å². The smallest absolute Gasteiger partial charge is 0.125 e. The molecule has 21 heavy (non-hydrogen) atoms. The fourth-order valence-corrected chi connectivity index (χ4v) is 3.17. The summed E-state index contributed by atoms with van der Waals surface area (Å²) in [5.41, 5.74) is 2.93. The van der Waals surface area contributed by atoms with E-state index in [4.69, 9.17) is 4.74 Å². The lowest BCUT2D eigenvalue weighted by atomic mass is 10.0. The Morgan fingerprint density at radius 3 is 2.48 bits per heavy atom. The summed E-state index contributed by atoms with van der Waals surface area (Å²) < 4.78 is 18.2. The van der Waals surface area contributed by atoms with E-state index in [9.17, 15) is 9.50 Å². The fourth-order valence-electron chi connectivity index (χ4n) is 2.33. The van der Waals surface area contributed by atoms with Crippen LogP contribution in [0.25, 0.3) is 0 Å². The third kappa shape index (κ3) is 3.99. The first-order valence-corrected chi connectivity index (χ1v) is 7.71. The maximum atomic E-state index is 12.9. The SMILES string of the molecule is COc1cc(C)cc(C)c1C(O)CSc1ccc(F)cc1. The van der Waals surface area contributed by atoms with E-state index in [0.717, 1.165) is 21.6 Å². The first-order valence-electron chi connectivity index (χ1n) is 6.73. The lowest BCUT2D eigenvalue weighted by Crippen LogP contribution is -2.06. The van der Waals surface area contributed by atoms with E-state index in [-0.39, 0.29) is 5.82 Å². The molecule has 1 N–H and O–H groups in total. The van der Waals surface area contributed by atoms with Gasteiger partial charge in [0.25, 0.3) is 0 Å². The van der Waals surface area contributed by atoms with Crippen molar-refractivity contribution in [1.29, 1.82) is 0 Å². The third-order valence-corrected chi connectivity index (χ3v) is 4.36. The molecule has 112 valence electrons. The van der Waals surface area contributed by atoms with Crippen LogP contribution in [-0.4, -0.2) is 18.0 Å². The van der Waals surface area contributed by atoms with Gasteiger partial charge in [0.2, 0.25) is 0 Å². The molecule has 0 saturated carbocycles. The highest BCUT2D eigenvalue weighted by Crippen LogP contribution is 2.33. The van der Waals surface area contributed by atoms with Crippen LogP contribution in [0.5, 0.6) is 5.75 Å². The largest absolute Gasteiger partial charge is 0.496 e. The standard InChI is InChI=1S/C17H19FO2S/c1-11-8-12(2)17(16(9-11)20-3)15(19)10-21-14-6-4-13(18)5-7-14/h4-9,15,19H,10H2,1-3H3. The summed E-state index contributed by atoms with van der Waals surface area (Å²) in [6.45, 7) is 3.97. The monoisotopic (exact) mass is 306 g/mol. The molecule has 4 heteroatoms. The molecule has 0 aliphatic rings. The second kappa shape index (κ2) is 6.96. The number of benzene rings is 2. The number of aliphatic hydroxyl groups excluding tert-OH is 1. The molecule has 0 aliphatic carbocycles. The lowest BCUT2D eigenvalue weighted by Gasteiger charge is -2.18. The molecule has 0 radical (unpaired) electrons. The number of hydrogen-bond acceptors (Lipinski definition) is 3. The van der Waals surface area contributed by atoms with Gasteiger partial charge in [-0.25, -0.2) is 4.39 Å². The molecule has 2 rings (SSSR count). The van der Waals surface area contributed by atoms with Crippen molar-refractivity contribution in [3.05, 3.63) is 58.9 Å². The molecule has 0 saturated heterocycles. The zero-order chi connectivity index (χ0) is 15.4. The molecule has 0 aromatic heterocycles. The minimum atomic E-state index is -0.629. The van der Waals surface area contributed by atoms with Crippen LogP contribution in [0.1, 0.15) is 22.8 Å². The van der Waals surface area contributed by atoms with E-state index < -0.39 is 6.10 Å². The highest BCUT2D eigenvalue weighted by atomic mass is 32.2. The van der Waals surface area contributed by atoms with Gasteiger partial charge in [0.1, 0.15) is 11.6 Å². The molecular formula is C17H19FO2S. The third-order valence-electron chi connectivity index (χ3n) is 3.27. The van der Waals surface area contributed by atoms with Crippen LogP contribution in [0.3, 0.4) is 0 Å². The topological polar surface area (TPSA) is 29.5 Å². The molecule has 0 heterocycles. The van der Waals surface area contributed by atoms with Gasteiger partial charge in [-0.05, 0) is 55.3 Å². The van der Waals surface area contributed by atoms with Gasteiger partial charge in [0, 0.05) is 16.2 Å². The molecule has 0 bridgehead atoms. The van der Waals surface area contributed by atoms with Gasteiger partial charge in [-0.3, -0.25) is 0 Å². The van der Waals surface area contributed by atoms with Gasteiger partial charge in [0.15, 0.2) is 0 Å². The van der Waals surface area contributed by atoms with Crippen molar-refractivity contribution in [3.8, 4) is 5.75 Å². The van der Waals surface area contributed by atoms with Gasteiger partial charge in [-0.1, -0.05) is 6.07 Å². The summed E-state index contributed by atoms with van der Waals surface area (Å²) in [4.78, 5) is 0.930. The predicted molar refractivity (Wildman–Crippen MR) is 84.6 cm³/mol. The number of ether oxygens (including phenoxy) is 1. The number of halogens is 1. The molecule has 1 atom stereocenters. The van der Waals surface area contributed by atoms with E-state index in [1.807, 2.05) is 26.0 Å². The summed E-state index contributed by atoms with van der Waals surface area (Å²) in [7, 11) is 1.61. The van der Waals surface area contributed by atoms with Crippen LogP contribution in [0, 0.1) is 19.7 Å². The molecule has 2 aromatic carbocycles. The Balaban J connectivity index is 2.13. The first-order chi connectivity index (χ1) is 10.0. The van der Waals surface area contributed by atoms with E-state index >= 15 is 0 Å². The number of aliphatic hydroxyl groups is 1. The van der Waals surface area contributed by atoms with Crippen LogP contribution in [0.2, 0.25) is 0 Å². The Labute approximate surface area is 129 Å².